The fraction of sp³-hybridized carbons (Fsp3) is 0.769. The van der Waals surface area contributed by atoms with E-state index in [0.717, 1.165) is 12.5 Å². The van der Waals surface area contributed by atoms with E-state index in [2.05, 4.69) is 10.7 Å². The lowest BCUT2D eigenvalue weighted by atomic mass is 9.87. The first-order chi connectivity index (χ1) is 7.93. The van der Waals surface area contributed by atoms with Gasteiger partial charge in [-0.15, -0.1) is 11.3 Å². The number of aromatic nitrogens is 1. The van der Waals surface area contributed by atoms with Gasteiger partial charge in [-0.1, -0.05) is 19.3 Å². The zero-order valence-corrected chi connectivity index (χ0v) is 10.6. The van der Waals surface area contributed by atoms with E-state index >= 15 is 0 Å². The molecule has 0 amide bonds. The topological polar surface area (TPSA) is 24.9 Å². The molecular formula is C13H20N2S. The van der Waals surface area contributed by atoms with Crippen LogP contribution in [0.4, 0.5) is 0 Å². The molecule has 0 radical (unpaired) electrons. The summed E-state index contributed by atoms with van der Waals surface area (Å²) >= 11 is 1.89. The van der Waals surface area contributed by atoms with Crippen LogP contribution in [0.5, 0.6) is 0 Å². The molecule has 1 unspecified atom stereocenters. The Kier molecular flexibility index (Phi) is 3.25. The van der Waals surface area contributed by atoms with Crippen molar-refractivity contribution in [3.63, 3.8) is 0 Å². The van der Waals surface area contributed by atoms with Crippen LogP contribution in [0.25, 0.3) is 0 Å². The van der Waals surface area contributed by atoms with Gasteiger partial charge in [-0.05, 0) is 25.8 Å². The number of rotatable bonds is 2. The smallest absolute Gasteiger partial charge is 0.0972 e. The number of nitrogens with zero attached hydrogens (tertiary/aromatic N) is 1. The second kappa shape index (κ2) is 4.84. The van der Waals surface area contributed by atoms with Crippen LogP contribution in [-0.2, 0) is 0 Å². The lowest BCUT2D eigenvalue weighted by molar-refractivity contribution is 0.437. The van der Waals surface area contributed by atoms with Crippen LogP contribution in [0, 0.1) is 0 Å². The van der Waals surface area contributed by atoms with Crippen molar-refractivity contribution in [1.29, 1.82) is 0 Å². The van der Waals surface area contributed by atoms with Crippen LogP contribution < -0.4 is 5.32 Å². The molecule has 3 rings (SSSR count). The molecule has 2 fully saturated rings. The standard InChI is InChI=1S/C13H20N2S/c1-2-4-10(5-3-1)12-9-16-13(15-12)11-6-7-14-8-11/h9-11,14H,1-8H2. The molecule has 1 saturated carbocycles. The Balaban J connectivity index is 1.71. The highest BCUT2D eigenvalue weighted by Gasteiger charge is 2.23. The lowest BCUT2D eigenvalue weighted by Gasteiger charge is -2.19. The Morgan fingerprint density at radius 2 is 2.00 bits per heavy atom. The average molecular weight is 236 g/mol. The fourth-order valence-electron chi connectivity index (χ4n) is 2.94. The minimum Gasteiger partial charge on any atom is -0.316 e. The zero-order chi connectivity index (χ0) is 10.8. The number of hydrogen-bond acceptors (Lipinski definition) is 3. The third kappa shape index (κ3) is 2.16. The van der Waals surface area contributed by atoms with Gasteiger partial charge in [-0.25, -0.2) is 4.98 Å². The Hall–Kier alpha value is -0.410. The Labute approximate surface area is 101 Å². The first-order valence-corrected chi connectivity index (χ1v) is 7.47. The molecule has 3 heteroatoms. The summed E-state index contributed by atoms with van der Waals surface area (Å²) in [5.74, 6) is 1.47. The first kappa shape index (κ1) is 10.7. The van der Waals surface area contributed by atoms with E-state index in [0.29, 0.717) is 5.92 Å². The van der Waals surface area contributed by atoms with Gasteiger partial charge < -0.3 is 5.32 Å². The monoisotopic (exact) mass is 236 g/mol. The molecule has 1 aromatic heterocycles. The molecule has 0 aromatic carbocycles. The highest BCUT2D eigenvalue weighted by molar-refractivity contribution is 7.09. The van der Waals surface area contributed by atoms with Crippen molar-refractivity contribution in [2.24, 2.45) is 0 Å². The van der Waals surface area contributed by atoms with Crippen molar-refractivity contribution in [3.8, 4) is 0 Å². The van der Waals surface area contributed by atoms with Crippen molar-refractivity contribution in [2.75, 3.05) is 13.1 Å². The third-order valence-corrected chi connectivity index (χ3v) is 5.00. The highest BCUT2D eigenvalue weighted by Crippen LogP contribution is 2.35. The maximum Gasteiger partial charge on any atom is 0.0972 e. The van der Waals surface area contributed by atoms with Crippen molar-refractivity contribution in [2.45, 2.75) is 50.4 Å². The summed E-state index contributed by atoms with van der Waals surface area (Å²) in [6.45, 7) is 2.31. The molecular weight excluding hydrogens is 216 g/mol. The van der Waals surface area contributed by atoms with Gasteiger partial charge in [0.25, 0.3) is 0 Å². The van der Waals surface area contributed by atoms with Crippen LogP contribution in [0.2, 0.25) is 0 Å². The van der Waals surface area contributed by atoms with Crippen LogP contribution in [0.3, 0.4) is 0 Å². The minimum absolute atomic E-state index is 0.697. The highest BCUT2D eigenvalue weighted by atomic mass is 32.1. The number of hydrogen-bond donors (Lipinski definition) is 1. The quantitative estimate of drug-likeness (QED) is 0.852. The molecule has 1 aliphatic carbocycles. The molecule has 1 atom stereocenters. The van der Waals surface area contributed by atoms with E-state index in [-0.39, 0.29) is 0 Å². The average Bonchev–Trinajstić information content (AvgIpc) is 3.01. The molecule has 1 N–H and O–H groups in total. The summed E-state index contributed by atoms with van der Waals surface area (Å²) in [6, 6.07) is 0. The van der Waals surface area contributed by atoms with Gasteiger partial charge in [0.1, 0.15) is 0 Å². The van der Waals surface area contributed by atoms with Crippen molar-refractivity contribution < 1.29 is 0 Å². The van der Waals surface area contributed by atoms with Crippen molar-refractivity contribution in [1.82, 2.24) is 10.3 Å². The molecule has 1 saturated heterocycles. The summed E-state index contributed by atoms with van der Waals surface area (Å²) in [5, 5.41) is 7.13. The van der Waals surface area contributed by atoms with Crippen LogP contribution >= 0.6 is 11.3 Å². The summed E-state index contributed by atoms with van der Waals surface area (Å²) in [7, 11) is 0. The van der Waals surface area contributed by atoms with E-state index in [9.17, 15) is 0 Å². The maximum absolute atomic E-state index is 4.89. The molecule has 2 aliphatic rings. The number of thiazole rings is 1. The van der Waals surface area contributed by atoms with Crippen LogP contribution in [-0.4, -0.2) is 18.1 Å². The molecule has 1 aliphatic heterocycles. The van der Waals surface area contributed by atoms with Gasteiger partial charge in [-0.3, -0.25) is 0 Å². The van der Waals surface area contributed by atoms with Gasteiger partial charge >= 0.3 is 0 Å². The zero-order valence-electron chi connectivity index (χ0n) is 9.74. The lowest BCUT2D eigenvalue weighted by Crippen LogP contribution is -2.08. The first-order valence-electron chi connectivity index (χ1n) is 6.59. The van der Waals surface area contributed by atoms with Crippen molar-refractivity contribution >= 4 is 11.3 Å². The van der Waals surface area contributed by atoms with Gasteiger partial charge in [0, 0.05) is 23.8 Å². The van der Waals surface area contributed by atoms with E-state index < -0.39 is 0 Å². The maximum atomic E-state index is 4.89. The van der Waals surface area contributed by atoms with E-state index in [1.165, 1.54) is 55.8 Å². The molecule has 88 valence electrons. The Bertz CT molecular complexity index is 335. The normalized spacial score (nSPS) is 27.4. The van der Waals surface area contributed by atoms with Gasteiger partial charge in [0.15, 0.2) is 0 Å². The van der Waals surface area contributed by atoms with Gasteiger partial charge in [-0.2, -0.15) is 0 Å². The summed E-state index contributed by atoms with van der Waals surface area (Å²) in [5.41, 5.74) is 1.40. The van der Waals surface area contributed by atoms with Crippen LogP contribution in [0.1, 0.15) is 61.1 Å². The summed E-state index contributed by atoms with van der Waals surface area (Å²) in [4.78, 5) is 4.89. The Morgan fingerprint density at radius 1 is 1.12 bits per heavy atom. The van der Waals surface area contributed by atoms with E-state index in [1.807, 2.05) is 11.3 Å². The van der Waals surface area contributed by atoms with Crippen LogP contribution in [0.15, 0.2) is 5.38 Å². The molecule has 1 aromatic rings. The summed E-state index contributed by atoms with van der Waals surface area (Å²) < 4.78 is 0. The molecule has 0 spiro atoms. The molecule has 0 bridgehead atoms. The summed E-state index contributed by atoms with van der Waals surface area (Å²) in [6.07, 6.45) is 8.25. The Morgan fingerprint density at radius 3 is 2.75 bits per heavy atom. The molecule has 2 nitrogen and oxygen atoms in total. The van der Waals surface area contributed by atoms with Gasteiger partial charge in [0.05, 0.1) is 10.7 Å². The fourth-order valence-corrected chi connectivity index (χ4v) is 3.98. The van der Waals surface area contributed by atoms with E-state index in [4.69, 9.17) is 4.98 Å². The second-order valence-corrected chi connectivity index (χ2v) is 6.02. The predicted octanol–water partition coefficient (Wildman–Crippen LogP) is 3.27. The second-order valence-electron chi connectivity index (χ2n) is 5.14. The minimum atomic E-state index is 0.697. The largest absolute Gasteiger partial charge is 0.316 e. The SMILES string of the molecule is c1sc(C2CCNC2)nc1C1CCCCC1. The molecule has 2 heterocycles. The predicted molar refractivity (Wildman–Crippen MR) is 68.2 cm³/mol. The van der Waals surface area contributed by atoms with E-state index in [1.54, 1.807) is 0 Å². The van der Waals surface area contributed by atoms with Crippen molar-refractivity contribution in [3.05, 3.63) is 16.1 Å². The number of nitrogens with one attached hydrogen (secondary N) is 1. The molecule has 16 heavy (non-hydrogen) atoms. The third-order valence-electron chi connectivity index (χ3n) is 3.97. The van der Waals surface area contributed by atoms with Gasteiger partial charge in [0.2, 0.25) is 0 Å².